The van der Waals surface area contributed by atoms with Crippen LogP contribution in [-0.4, -0.2) is 35.1 Å². The standard InChI is InChI=1S/C21H20F3N5O2/c22-21(23,24)14-7-13(19(25)30)8-15(9-14)28-20-27-11-12-1-2-17(10-18(12)29-20)31-16-3-5-26-6-4-16/h1-2,7-11,16,26H,3-6H2,(H2,25,30)(H,27,28,29). The second-order valence-electron chi connectivity index (χ2n) is 7.27. The number of amides is 1. The summed E-state index contributed by atoms with van der Waals surface area (Å²) in [5.74, 6) is -0.214. The van der Waals surface area contributed by atoms with Crippen molar-refractivity contribution in [2.75, 3.05) is 18.4 Å². The van der Waals surface area contributed by atoms with Gasteiger partial charge in [0, 0.05) is 28.9 Å². The van der Waals surface area contributed by atoms with Crippen molar-refractivity contribution < 1.29 is 22.7 Å². The number of nitrogens with zero attached hydrogens (tertiary/aromatic N) is 2. The normalized spacial score (nSPS) is 15.1. The van der Waals surface area contributed by atoms with Gasteiger partial charge in [0.2, 0.25) is 11.9 Å². The summed E-state index contributed by atoms with van der Waals surface area (Å²) in [6.07, 6.45) is -1.14. The van der Waals surface area contributed by atoms with Crippen LogP contribution >= 0.6 is 0 Å². The van der Waals surface area contributed by atoms with Gasteiger partial charge in [0.1, 0.15) is 11.9 Å². The molecular formula is C21H20F3N5O2. The van der Waals surface area contributed by atoms with Crippen LogP contribution in [0.25, 0.3) is 10.9 Å². The Morgan fingerprint density at radius 1 is 1.16 bits per heavy atom. The number of hydrogen-bond acceptors (Lipinski definition) is 6. The van der Waals surface area contributed by atoms with E-state index < -0.39 is 17.6 Å². The molecule has 162 valence electrons. The molecule has 2 heterocycles. The molecule has 0 aliphatic carbocycles. The molecule has 4 rings (SSSR count). The van der Waals surface area contributed by atoms with Crippen molar-refractivity contribution in [2.45, 2.75) is 25.1 Å². The minimum atomic E-state index is -4.63. The molecule has 2 aromatic carbocycles. The molecule has 7 nitrogen and oxygen atoms in total. The quantitative estimate of drug-likeness (QED) is 0.570. The summed E-state index contributed by atoms with van der Waals surface area (Å²) >= 11 is 0. The summed E-state index contributed by atoms with van der Waals surface area (Å²) < 4.78 is 45.5. The van der Waals surface area contributed by atoms with Gasteiger partial charge in [-0.3, -0.25) is 4.79 Å². The molecule has 0 atom stereocenters. The Balaban J connectivity index is 1.61. The molecule has 1 saturated heterocycles. The number of rotatable bonds is 5. The zero-order valence-electron chi connectivity index (χ0n) is 16.4. The number of piperidine rings is 1. The number of hydrogen-bond donors (Lipinski definition) is 3. The van der Waals surface area contributed by atoms with Gasteiger partial charge in [-0.05, 0) is 56.3 Å². The average Bonchev–Trinajstić information content (AvgIpc) is 2.73. The molecule has 10 heteroatoms. The lowest BCUT2D eigenvalue weighted by Crippen LogP contribution is -2.34. The Labute approximate surface area is 175 Å². The van der Waals surface area contributed by atoms with Gasteiger partial charge in [0.15, 0.2) is 0 Å². The number of aromatic nitrogens is 2. The molecule has 0 spiro atoms. The van der Waals surface area contributed by atoms with Crippen LogP contribution in [-0.2, 0) is 6.18 Å². The largest absolute Gasteiger partial charge is 0.490 e. The molecule has 1 aromatic heterocycles. The SMILES string of the molecule is NC(=O)c1cc(Nc2ncc3ccc(OC4CCNCC4)cc3n2)cc(C(F)(F)F)c1. The van der Waals surface area contributed by atoms with Gasteiger partial charge in [0.05, 0.1) is 11.1 Å². The molecule has 0 bridgehead atoms. The number of primary amides is 1. The first-order valence-corrected chi connectivity index (χ1v) is 9.71. The minimum Gasteiger partial charge on any atom is -0.490 e. The van der Waals surface area contributed by atoms with Gasteiger partial charge in [-0.1, -0.05) is 0 Å². The predicted molar refractivity (Wildman–Crippen MR) is 109 cm³/mol. The van der Waals surface area contributed by atoms with Gasteiger partial charge >= 0.3 is 6.18 Å². The summed E-state index contributed by atoms with van der Waals surface area (Å²) in [5.41, 5.74) is 4.49. The van der Waals surface area contributed by atoms with E-state index in [4.69, 9.17) is 10.5 Å². The Morgan fingerprint density at radius 2 is 1.94 bits per heavy atom. The molecule has 1 amide bonds. The first-order chi connectivity index (χ1) is 14.8. The maximum atomic E-state index is 13.2. The maximum absolute atomic E-state index is 13.2. The highest BCUT2D eigenvalue weighted by atomic mass is 19.4. The van der Waals surface area contributed by atoms with E-state index >= 15 is 0 Å². The first-order valence-electron chi connectivity index (χ1n) is 9.71. The van der Waals surface area contributed by atoms with E-state index in [-0.39, 0.29) is 23.3 Å². The third-order valence-electron chi connectivity index (χ3n) is 4.94. The van der Waals surface area contributed by atoms with Gasteiger partial charge < -0.3 is 21.1 Å². The monoisotopic (exact) mass is 431 g/mol. The smallest absolute Gasteiger partial charge is 0.416 e. The fraction of sp³-hybridized carbons (Fsp3) is 0.286. The Kier molecular flexibility index (Phi) is 5.64. The van der Waals surface area contributed by atoms with Crippen LogP contribution in [0, 0.1) is 0 Å². The minimum absolute atomic E-state index is 0.00471. The molecule has 1 fully saturated rings. The van der Waals surface area contributed by atoms with Crippen LogP contribution in [0.1, 0.15) is 28.8 Å². The summed E-state index contributed by atoms with van der Waals surface area (Å²) in [6.45, 7) is 1.80. The zero-order valence-corrected chi connectivity index (χ0v) is 16.4. The fourth-order valence-corrected chi connectivity index (χ4v) is 3.38. The highest BCUT2D eigenvalue weighted by molar-refractivity contribution is 5.94. The van der Waals surface area contributed by atoms with E-state index in [1.807, 2.05) is 12.1 Å². The highest BCUT2D eigenvalue weighted by Gasteiger charge is 2.31. The molecule has 31 heavy (non-hydrogen) atoms. The average molecular weight is 431 g/mol. The lowest BCUT2D eigenvalue weighted by molar-refractivity contribution is -0.137. The van der Waals surface area contributed by atoms with E-state index in [0.29, 0.717) is 17.3 Å². The summed E-state index contributed by atoms with van der Waals surface area (Å²) in [4.78, 5) is 20.0. The van der Waals surface area contributed by atoms with E-state index in [1.165, 1.54) is 6.07 Å². The third-order valence-corrected chi connectivity index (χ3v) is 4.94. The zero-order chi connectivity index (χ0) is 22.0. The topological polar surface area (TPSA) is 102 Å². The van der Waals surface area contributed by atoms with Crippen molar-refractivity contribution in [3.05, 3.63) is 53.7 Å². The maximum Gasteiger partial charge on any atom is 0.416 e. The van der Waals surface area contributed by atoms with Crippen LogP contribution in [0.2, 0.25) is 0 Å². The molecule has 0 unspecified atom stereocenters. The van der Waals surface area contributed by atoms with Crippen LogP contribution < -0.4 is 21.1 Å². The number of benzene rings is 2. The number of fused-ring (bicyclic) bond motifs is 1. The summed E-state index contributed by atoms with van der Waals surface area (Å²) in [7, 11) is 0. The van der Waals surface area contributed by atoms with Crippen molar-refractivity contribution in [3.63, 3.8) is 0 Å². The third kappa shape index (κ3) is 5.02. The van der Waals surface area contributed by atoms with Crippen molar-refractivity contribution in [3.8, 4) is 5.75 Å². The van der Waals surface area contributed by atoms with Gasteiger partial charge in [-0.2, -0.15) is 13.2 Å². The number of ether oxygens (including phenoxy) is 1. The number of anilines is 2. The lowest BCUT2D eigenvalue weighted by Gasteiger charge is -2.23. The number of carbonyl (C=O) groups excluding carboxylic acids is 1. The van der Waals surface area contributed by atoms with Crippen LogP contribution in [0.3, 0.4) is 0 Å². The van der Waals surface area contributed by atoms with Gasteiger partial charge in [0.25, 0.3) is 0 Å². The molecular weight excluding hydrogens is 411 g/mol. The number of carbonyl (C=O) groups is 1. The Bertz CT molecular complexity index is 1110. The molecule has 1 aliphatic rings. The molecule has 0 radical (unpaired) electrons. The van der Waals surface area contributed by atoms with E-state index in [2.05, 4.69) is 20.6 Å². The van der Waals surface area contributed by atoms with Crippen molar-refractivity contribution in [1.29, 1.82) is 0 Å². The van der Waals surface area contributed by atoms with Crippen LogP contribution in [0.15, 0.2) is 42.6 Å². The highest BCUT2D eigenvalue weighted by Crippen LogP contribution is 2.32. The predicted octanol–water partition coefficient (Wildman–Crippen LogP) is 3.62. The molecule has 0 saturated carbocycles. The van der Waals surface area contributed by atoms with Gasteiger partial charge in [-0.25, -0.2) is 9.97 Å². The van der Waals surface area contributed by atoms with Crippen molar-refractivity contribution in [1.82, 2.24) is 15.3 Å². The number of nitrogens with two attached hydrogens (primary N) is 1. The summed E-state index contributed by atoms with van der Waals surface area (Å²) in [5, 5.41) is 6.76. The van der Waals surface area contributed by atoms with E-state index in [1.54, 1.807) is 12.3 Å². The van der Waals surface area contributed by atoms with Gasteiger partial charge in [-0.15, -0.1) is 0 Å². The van der Waals surface area contributed by atoms with E-state index in [9.17, 15) is 18.0 Å². The first kappa shape index (κ1) is 20.9. The second kappa shape index (κ2) is 8.38. The fourth-order valence-electron chi connectivity index (χ4n) is 3.38. The molecule has 3 aromatic rings. The second-order valence-corrected chi connectivity index (χ2v) is 7.27. The number of nitrogens with one attached hydrogen (secondary N) is 2. The van der Waals surface area contributed by atoms with Crippen LogP contribution in [0.5, 0.6) is 5.75 Å². The van der Waals surface area contributed by atoms with Crippen molar-refractivity contribution in [2.24, 2.45) is 5.73 Å². The lowest BCUT2D eigenvalue weighted by atomic mass is 10.1. The Hall–Kier alpha value is -3.40. The van der Waals surface area contributed by atoms with E-state index in [0.717, 1.165) is 37.4 Å². The molecule has 4 N–H and O–H groups in total. The summed E-state index contributed by atoms with van der Waals surface area (Å²) in [6, 6.07) is 8.24. The molecule has 1 aliphatic heterocycles. The van der Waals surface area contributed by atoms with Crippen LogP contribution in [0.4, 0.5) is 24.8 Å². The number of alkyl halides is 3. The van der Waals surface area contributed by atoms with Crippen molar-refractivity contribution >= 4 is 28.4 Å². The number of halogens is 3. The Morgan fingerprint density at radius 3 is 2.65 bits per heavy atom.